The molecular weight excluding hydrogens is 304 g/mol. The van der Waals surface area contributed by atoms with Crippen LogP contribution >= 0.6 is 12.4 Å². The highest BCUT2D eigenvalue weighted by Crippen LogP contribution is 2.17. The molecule has 0 bridgehead atoms. The average Bonchev–Trinajstić information content (AvgIpc) is 2.51. The van der Waals surface area contributed by atoms with Gasteiger partial charge in [0, 0.05) is 29.8 Å². The predicted octanol–water partition coefficient (Wildman–Crippen LogP) is 2.32. The number of benzene rings is 1. The van der Waals surface area contributed by atoms with Crippen molar-refractivity contribution in [2.24, 2.45) is 0 Å². The summed E-state index contributed by atoms with van der Waals surface area (Å²) in [6.45, 7) is 1.61. The zero-order valence-corrected chi connectivity index (χ0v) is 13.0. The number of nitrogens with zero attached hydrogens (tertiary/aromatic N) is 1. The van der Waals surface area contributed by atoms with Crippen molar-refractivity contribution in [3.63, 3.8) is 0 Å². The summed E-state index contributed by atoms with van der Waals surface area (Å²) in [5, 5.41) is 4.01. The van der Waals surface area contributed by atoms with Gasteiger partial charge < -0.3 is 5.32 Å². The Morgan fingerprint density at radius 2 is 1.86 bits per heavy atom. The van der Waals surface area contributed by atoms with Crippen molar-refractivity contribution in [3.8, 4) is 0 Å². The molecule has 0 saturated heterocycles. The van der Waals surface area contributed by atoms with Crippen molar-refractivity contribution in [1.82, 2.24) is 10.3 Å². The molecule has 116 valence electrons. The Morgan fingerprint density at radius 1 is 1.14 bits per heavy atom. The Labute approximate surface area is 134 Å². The molecule has 6 heteroatoms. The average molecular weight is 321 g/mol. The summed E-state index contributed by atoms with van der Waals surface area (Å²) in [4.78, 5) is 39.1. The maximum Gasteiger partial charge on any atom is 0.287 e. The molecule has 0 aliphatic heterocycles. The van der Waals surface area contributed by atoms with E-state index in [-0.39, 0.29) is 31.2 Å². The van der Waals surface area contributed by atoms with Crippen LogP contribution in [0, 0.1) is 0 Å². The van der Waals surface area contributed by atoms with Crippen LogP contribution in [0.15, 0.2) is 36.7 Å². The zero-order chi connectivity index (χ0) is 15.2. The fourth-order valence-corrected chi connectivity index (χ4v) is 2.03. The van der Waals surface area contributed by atoms with Gasteiger partial charge in [0.25, 0.3) is 5.91 Å². The van der Waals surface area contributed by atoms with Gasteiger partial charge in [0.15, 0.2) is 5.78 Å². The van der Waals surface area contributed by atoms with Gasteiger partial charge in [0.1, 0.15) is 0 Å². The van der Waals surface area contributed by atoms with Gasteiger partial charge in [-0.25, -0.2) is 0 Å². The summed E-state index contributed by atoms with van der Waals surface area (Å²) in [7, 11) is 0. The normalized spacial score (nSPS) is 9.86. The number of carbonyl (C=O) groups is 3. The number of fused-ring (bicyclic) bond motifs is 1. The molecule has 0 aliphatic rings. The highest BCUT2D eigenvalue weighted by atomic mass is 35.5. The predicted molar refractivity (Wildman–Crippen MR) is 86.2 cm³/mol. The van der Waals surface area contributed by atoms with Crippen LogP contribution in [0.4, 0.5) is 0 Å². The second kappa shape index (κ2) is 8.24. The van der Waals surface area contributed by atoms with Crippen molar-refractivity contribution in [2.45, 2.75) is 19.8 Å². The van der Waals surface area contributed by atoms with Crippen LogP contribution in [0.5, 0.6) is 0 Å². The third-order valence-electron chi connectivity index (χ3n) is 3.11. The molecule has 2 aromatic rings. The number of pyridine rings is 1. The quantitative estimate of drug-likeness (QED) is 0.654. The number of halogens is 1. The first-order valence-corrected chi connectivity index (χ1v) is 6.80. The van der Waals surface area contributed by atoms with E-state index >= 15 is 0 Å². The van der Waals surface area contributed by atoms with Crippen LogP contribution < -0.4 is 5.32 Å². The van der Waals surface area contributed by atoms with Crippen molar-refractivity contribution < 1.29 is 14.4 Å². The first-order valence-electron chi connectivity index (χ1n) is 6.80. The lowest BCUT2D eigenvalue weighted by Crippen LogP contribution is -2.35. The van der Waals surface area contributed by atoms with Crippen LogP contribution in [-0.4, -0.2) is 29.0 Å². The molecule has 1 N–H and O–H groups in total. The fraction of sp³-hybridized carbons (Fsp3) is 0.250. The number of aromatic nitrogens is 1. The molecule has 0 aliphatic carbocycles. The number of nitrogens with one attached hydrogen (secondary N) is 1. The number of ketones is 2. The van der Waals surface area contributed by atoms with Crippen molar-refractivity contribution in [1.29, 1.82) is 0 Å². The van der Waals surface area contributed by atoms with Crippen molar-refractivity contribution >= 4 is 40.7 Å². The second-order valence-electron chi connectivity index (χ2n) is 4.69. The second-order valence-corrected chi connectivity index (χ2v) is 4.69. The minimum absolute atomic E-state index is 0. The summed E-state index contributed by atoms with van der Waals surface area (Å²) < 4.78 is 0. The van der Waals surface area contributed by atoms with Gasteiger partial charge in [-0.05, 0) is 11.8 Å². The Kier molecular flexibility index (Phi) is 6.66. The summed E-state index contributed by atoms with van der Waals surface area (Å²) in [6, 6.07) is 7.39. The van der Waals surface area contributed by atoms with E-state index in [0.29, 0.717) is 12.0 Å². The number of amides is 1. The summed E-state index contributed by atoms with van der Waals surface area (Å²) in [6.07, 6.45) is 3.95. The first-order chi connectivity index (χ1) is 10.1. The topological polar surface area (TPSA) is 76.1 Å². The monoisotopic (exact) mass is 320 g/mol. The number of carbonyl (C=O) groups excluding carboxylic acids is 3. The lowest BCUT2D eigenvalue weighted by molar-refractivity contribution is -0.137. The van der Waals surface area contributed by atoms with E-state index in [1.807, 2.05) is 31.2 Å². The van der Waals surface area contributed by atoms with Crippen LogP contribution in [0.25, 0.3) is 10.8 Å². The summed E-state index contributed by atoms with van der Waals surface area (Å²) in [5.41, 5.74) is 0.441. The van der Waals surface area contributed by atoms with E-state index in [9.17, 15) is 14.4 Å². The fourth-order valence-electron chi connectivity index (χ4n) is 2.03. The van der Waals surface area contributed by atoms with Gasteiger partial charge in [-0.3, -0.25) is 19.4 Å². The lowest BCUT2D eigenvalue weighted by Gasteiger charge is -2.06. The van der Waals surface area contributed by atoms with Crippen molar-refractivity contribution in [2.75, 3.05) is 6.54 Å². The van der Waals surface area contributed by atoms with Gasteiger partial charge in [0.05, 0.1) is 6.54 Å². The molecule has 1 aromatic carbocycles. The van der Waals surface area contributed by atoms with Crippen LogP contribution in [0.1, 0.15) is 30.1 Å². The molecule has 0 saturated carbocycles. The first kappa shape index (κ1) is 17.8. The maximum absolute atomic E-state index is 12.2. The number of hydrogen-bond donors (Lipinski definition) is 1. The van der Waals surface area contributed by atoms with Gasteiger partial charge in [-0.2, -0.15) is 0 Å². The Balaban J connectivity index is 0.00000242. The molecule has 1 aromatic heterocycles. The van der Waals surface area contributed by atoms with Crippen molar-refractivity contribution in [3.05, 3.63) is 42.2 Å². The highest BCUT2D eigenvalue weighted by molar-refractivity contribution is 6.36. The highest BCUT2D eigenvalue weighted by Gasteiger charge is 2.15. The molecule has 1 amide bonds. The number of rotatable bonds is 6. The molecule has 0 radical (unpaired) electrons. The van der Waals surface area contributed by atoms with Gasteiger partial charge in [-0.15, -0.1) is 12.4 Å². The standard InChI is InChI=1S/C16H16N2O3.ClH/c1-2-5-14(19)16(21)18-10-15(20)13-9-17-8-11-6-3-4-7-12(11)13;/h3-4,6-9H,2,5,10H2,1H3,(H,18,21);1H. The number of hydrogen-bond acceptors (Lipinski definition) is 4. The molecular formula is C16H17ClN2O3. The molecule has 0 fully saturated rings. The zero-order valence-electron chi connectivity index (χ0n) is 12.2. The Bertz CT molecular complexity index is 695. The molecule has 0 unspecified atom stereocenters. The molecule has 1 heterocycles. The van der Waals surface area contributed by atoms with E-state index in [1.165, 1.54) is 6.20 Å². The lowest BCUT2D eigenvalue weighted by atomic mass is 10.0. The van der Waals surface area contributed by atoms with Crippen LogP contribution in [0.3, 0.4) is 0 Å². The van der Waals surface area contributed by atoms with E-state index < -0.39 is 11.7 Å². The Hall–Kier alpha value is -2.27. The SMILES string of the molecule is CCCC(=O)C(=O)NCC(=O)c1cncc2ccccc12.Cl. The molecule has 0 spiro atoms. The minimum Gasteiger partial charge on any atom is -0.342 e. The molecule has 2 rings (SSSR count). The van der Waals surface area contributed by atoms with Crippen LogP contribution in [-0.2, 0) is 9.59 Å². The van der Waals surface area contributed by atoms with E-state index in [2.05, 4.69) is 10.3 Å². The van der Waals surface area contributed by atoms with E-state index in [1.54, 1.807) is 6.20 Å². The van der Waals surface area contributed by atoms with Gasteiger partial charge in [0.2, 0.25) is 5.78 Å². The number of Topliss-reactive ketones (excluding diaryl/α,β-unsaturated/α-hetero) is 2. The van der Waals surface area contributed by atoms with Crippen LogP contribution in [0.2, 0.25) is 0 Å². The molecule has 5 nitrogen and oxygen atoms in total. The van der Waals surface area contributed by atoms with Gasteiger partial charge >= 0.3 is 0 Å². The summed E-state index contributed by atoms with van der Waals surface area (Å²) in [5.74, 6) is -1.48. The maximum atomic E-state index is 12.2. The minimum atomic E-state index is -0.710. The van der Waals surface area contributed by atoms with E-state index in [4.69, 9.17) is 0 Å². The third-order valence-corrected chi connectivity index (χ3v) is 3.11. The smallest absolute Gasteiger partial charge is 0.287 e. The summed E-state index contributed by atoms with van der Waals surface area (Å²) >= 11 is 0. The van der Waals surface area contributed by atoms with Gasteiger partial charge in [-0.1, -0.05) is 31.2 Å². The molecule has 22 heavy (non-hydrogen) atoms. The Morgan fingerprint density at radius 3 is 2.59 bits per heavy atom. The third kappa shape index (κ3) is 4.11. The molecule has 0 atom stereocenters. The largest absolute Gasteiger partial charge is 0.342 e. The van der Waals surface area contributed by atoms with E-state index in [0.717, 1.165) is 10.8 Å².